The second-order valence-electron chi connectivity index (χ2n) is 6.46. The van der Waals surface area contributed by atoms with Crippen molar-refractivity contribution < 1.29 is 9.90 Å². The highest BCUT2D eigenvalue weighted by Crippen LogP contribution is 2.49. The van der Waals surface area contributed by atoms with E-state index in [2.05, 4.69) is 12.2 Å². The average Bonchev–Trinajstić information content (AvgIpc) is 3.24. The molecule has 0 saturated heterocycles. The van der Waals surface area contributed by atoms with E-state index in [1.165, 1.54) is 0 Å². The van der Waals surface area contributed by atoms with Gasteiger partial charge in [-0.1, -0.05) is 30.7 Å². The van der Waals surface area contributed by atoms with E-state index in [0.29, 0.717) is 10.9 Å². The van der Waals surface area contributed by atoms with Crippen LogP contribution in [0.1, 0.15) is 44.6 Å². The minimum atomic E-state index is -0.347. The van der Waals surface area contributed by atoms with Crippen molar-refractivity contribution in [3.8, 4) is 0 Å². The fourth-order valence-corrected chi connectivity index (χ4v) is 3.48. The molecule has 3 nitrogen and oxygen atoms in total. The number of hydrogen-bond donors (Lipinski definition) is 2. The summed E-state index contributed by atoms with van der Waals surface area (Å²) in [5, 5.41) is 13.4. The standard InChI is InChI=1S/C17H22ClNO2/c1-2-15(11-9-14(20)10-11)19-16(21)17(7-8-17)12-3-5-13(18)6-4-12/h3-6,11,14-15,20H,2,7-10H2,1H3,(H,19,21)/t11?,14?,15-/m1/s1. The molecule has 1 atom stereocenters. The van der Waals surface area contributed by atoms with Crippen LogP contribution in [0.3, 0.4) is 0 Å². The fraction of sp³-hybridized carbons (Fsp3) is 0.588. The lowest BCUT2D eigenvalue weighted by atomic mass is 9.76. The van der Waals surface area contributed by atoms with Crippen molar-refractivity contribution >= 4 is 17.5 Å². The predicted octanol–water partition coefficient (Wildman–Crippen LogP) is 3.04. The Bertz CT molecular complexity index is 518. The van der Waals surface area contributed by atoms with Crippen LogP contribution in [0.25, 0.3) is 0 Å². The highest BCUT2D eigenvalue weighted by atomic mass is 35.5. The molecule has 2 aliphatic carbocycles. The Balaban J connectivity index is 1.68. The van der Waals surface area contributed by atoms with Gasteiger partial charge in [0.25, 0.3) is 0 Å². The number of aliphatic hydroxyl groups excluding tert-OH is 1. The molecular formula is C17H22ClNO2. The van der Waals surface area contributed by atoms with Crippen LogP contribution >= 0.6 is 11.6 Å². The van der Waals surface area contributed by atoms with Crippen molar-refractivity contribution in [2.45, 2.75) is 56.6 Å². The maximum Gasteiger partial charge on any atom is 0.230 e. The summed E-state index contributed by atoms with van der Waals surface area (Å²) in [7, 11) is 0. The van der Waals surface area contributed by atoms with E-state index in [1.807, 2.05) is 24.3 Å². The summed E-state index contributed by atoms with van der Waals surface area (Å²) in [5.41, 5.74) is 0.716. The van der Waals surface area contributed by atoms with Crippen LogP contribution in [-0.4, -0.2) is 23.2 Å². The van der Waals surface area contributed by atoms with Crippen LogP contribution in [-0.2, 0) is 10.2 Å². The Labute approximate surface area is 130 Å². The third-order valence-corrected chi connectivity index (χ3v) is 5.31. The number of carbonyl (C=O) groups is 1. The molecule has 1 amide bonds. The summed E-state index contributed by atoms with van der Waals surface area (Å²) in [6, 6.07) is 7.81. The highest BCUT2D eigenvalue weighted by Gasteiger charge is 2.52. The predicted molar refractivity (Wildman–Crippen MR) is 83.3 cm³/mol. The zero-order valence-corrected chi connectivity index (χ0v) is 13.1. The number of aliphatic hydroxyl groups is 1. The van der Waals surface area contributed by atoms with Crippen LogP contribution in [0.15, 0.2) is 24.3 Å². The van der Waals surface area contributed by atoms with Gasteiger partial charge < -0.3 is 10.4 Å². The molecule has 3 rings (SSSR count). The van der Waals surface area contributed by atoms with Crippen molar-refractivity contribution in [1.29, 1.82) is 0 Å². The number of hydrogen-bond acceptors (Lipinski definition) is 2. The van der Waals surface area contributed by atoms with Crippen LogP contribution in [0.5, 0.6) is 0 Å². The first-order valence-corrected chi connectivity index (χ1v) is 8.18. The molecule has 0 radical (unpaired) electrons. The van der Waals surface area contributed by atoms with E-state index in [-0.39, 0.29) is 23.5 Å². The largest absolute Gasteiger partial charge is 0.393 e. The highest BCUT2D eigenvalue weighted by molar-refractivity contribution is 6.30. The van der Waals surface area contributed by atoms with Crippen LogP contribution in [0.4, 0.5) is 0 Å². The molecule has 2 aliphatic rings. The molecule has 114 valence electrons. The number of halogens is 1. The van der Waals surface area contributed by atoms with E-state index < -0.39 is 0 Å². The van der Waals surface area contributed by atoms with Gasteiger partial charge in [0.1, 0.15) is 0 Å². The third kappa shape index (κ3) is 2.82. The van der Waals surface area contributed by atoms with Crippen molar-refractivity contribution in [2.75, 3.05) is 0 Å². The van der Waals surface area contributed by atoms with Crippen molar-refractivity contribution in [3.63, 3.8) is 0 Å². The van der Waals surface area contributed by atoms with Gasteiger partial charge in [0.15, 0.2) is 0 Å². The molecule has 2 saturated carbocycles. The number of benzene rings is 1. The second-order valence-corrected chi connectivity index (χ2v) is 6.90. The maximum atomic E-state index is 12.7. The molecule has 1 aromatic rings. The number of amides is 1. The van der Waals surface area contributed by atoms with Crippen LogP contribution in [0.2, 0.25) is 5.02 Å². The van der Waals surface area contributed by atoms with Gasteiger partial charge in [-0.15, -0.1) is 0 Å². The first-order chi connectivity index (χ1) is 10.0. The molecule has 2 fully saturated rings. The summed E-state index contributed by atoms with van der Waals surface area (Å²) in [6.45, 7) is 2.09. The third-order valence-electron chi connectivity index (χ3n) is 5.06. The lowest BCUT2D eigenvalue weighted by molar-refractivity contribution is -0.125. The zero-order valence-electron chi connectivity index (χ0n) is 12.3. The Kier molecular flexibility index (Phi) is 3.98. The first kappa shape index (κ1) is 14.9. The summed E-state index contributed by atoms with van der Waals surface area (Å²) in [4.78, 5) is 12.7. The van der Waals surface area contributed by atoms with Crippen molar-refractivity contribution in [1.82, 2.24) is 5.32 Å². The monoisotopic (exact) mass is 307 g/mol. The van der Waals surface area contributed by atoms with Gasteiger partial charge >= 0.3 is 0 Å². The zero-order chi connectivity index (χ0) is 15.0. The van der Waals surface area contributed by atoms with Crippen LogP contribution < -0.4 is 5.32 Å². The van der Waals surface area contributed by atoms with E-state index in [9.17, 15) is 9.90 Å². The van der Waals surface area contributed by atoms with E-state index in [0.717, 1.165) is 37.7 Å². The fourth-order valence-electron chi connectivity index (χ4n) is 3.36. The van der Waals surface area contributed by atoms with Crippen LogP contribution in [0, 0.1) is 5.92 Å². The second kappa shape index (κ2) is 5.62. The van der Waals surface area contributed by atoms with Crippen molar-refractivity contribution in [2.24, 2.45) is 5.92 Å². The number of rotatable bonds is 5. The van der Waals surface area contributed by atoms with Crippen molar-refractivity contribution in [3.05, 3.63) is 34.9 Å². The molecule has 0 unspecified atom stereocenters. The number of nitrogens with one attached hydrogen (secondary N) is 1. The summed E-state index contributed by atoms with van der Waals surface area (Å²) >= 11 is 5.93. The lowest BCUT2D eigenvalue weighted by Crippen LogP contribution is -2.49. The Hall–Kier alpha value is -1.06. The van der Waals surface area contributed by atoms with Gasteiger partial charge in [0, 0.05) is 11.1 Å². The van der Waals surface area contributed by atoms with E-state index in [4.69, 9.17) is 11.6 Å². The Morgan fingerprint density at radius 3 is 2.48 bits per heavy atom. The van der Waals surface area contributed by atoms with Gasteiger partial charge in [-0.3, -0.25) is 4.79 Å². The molecular weight excluding hydrogens is 286 g/mol. The van der Waals surface area contributed by atoms with E-state index in [1.54, 1.807) is 0 Å². The van der Waals surface area contributed by atoms with Gasteiger partial charge in [-0.25, -0.2) is 0 Å². The SMILES string of the molecule is CC[C@@H](NC(=O)C1(c2ccc(Cl)cc2)CC1)C1CC(O)C1. The minimum absolute atomic E-state index is 0.137. The lowest BCUT2D eigenvalue weighted by Gasteiger charge is -2.38. The molecule has 0 aromatic heterocycles. The summed E-state index contributed by atoms with van der Waals surface area (Å²) in [5.74, 6) is 0.563. The summed E-state index contributed by atoms with van der Waals surface area (Å²) in [6.07, 6.45) is 4.18. The Morgan fingerprint density at radius 2 is 2.00 bits per heavy atom. The normalized spacial score (nSPS) is 27.6. The molecule has 1 aromatic carbocycles. The van der Waals surface area contributed by atoms with Gasteiger partial charge in [-0.05, 0) is 55.7 Å². The molecule has 2 N–H and O–H groups in total. The molecule has 0 heterocycles. The molecule has 0 spiro atoms. The minimum Gasteiger partial charge on any atom is -0.393 e. The molecule has 0 bridgehead atoms. The van der Waals surface area contributed by atoms with Gasteiger partial charge in [-0.2, -0.15) is 0 Å². The topological polar surface area (TPSA) is 49.3 Å². The smallest absolute Gasteiger partial charge is 0.230 e. The van der Waals surface area contributed by atoms with Gasteiger partial charge in [0.05, 0.1) is 11.5 Å². The first-order valence-electron chi connectivity index (χ1n) is 7.80. The average molecular weight is 308 g/mol. The summed E-state index contributed by atoms with van der Waals surface area (Å²) < 4.78 is 0. The van der Waals surface area contributed by atoms with E-state index >= 15 is 0 Å². The molecule has 4 heteroatoms. The molecule has 21 heavy (non-hydrogen) atoms. The maximum absolute atomic E-state index is 12.7. The number of carbonyl (C=O) groups excluding carboxylic acids is 1. The Morgan fingerprint density at radius 1 is 1.38 bits per heavy atom. The van der Waals surface area contributed by atoms with Gasteiger partial charge in [0.2, 0.25) is 5.91 Å². The molecule has 0 aliphatic heterocycles. The quantitative estimate of drug-likeness (QED) is 0.878.